The lowest BCUT2D eigenvalue weighted by molar-refractivity contribution is 0.102. The Morgan fingerprint density at radius 1 is 1.59 bits per heavy atom. The first kappa shape index (κ1) is 14.2. The molecular weight excluding hydrogens is 216 g/mol. The summed E-state index contributed by atoms with van der Waals surface area (Å²) in [5.41, 5.74) is 1.23. The maximum atomic E-state index is 5.26. The maximum Gasteiger partial charge on any atom is 0.0630 e. The van der Waals surface area contributed by atoms with Crippen LogP contribution in [0.5, 0.6) is 0 Å². The highest BCUT2D eigenvalue weighted by molar-refractivity contribution is 5.03. The van der Waals surface area contributed by atoms with Gasteiger partial charge < -0.3 is 10.1 Å². The molecule has 0 bridgehead atoms. The Balaban J connectivity index is 2.48. The molecule has 0 fully saturated rings. The first-order valence-electron chi connectivity index (χ1n) is 6.04. The molecule has 0 amide bonds. The van der Waals surface area contributed by atoms with Gasteiger partial charge in [-0.1, -0.05) is 6.92 Å². The minimum atomic E-state index is 0.389. The average molecular weight is 240 g/mol. The Labute approximate surface area is 104 Å². The van der Waals surface area contributed by atoms with Gasteiger partial charge in [-0.3, -0.25) is 9.58 Å². The summed E-state index contributed by atoms with van der Waals surface area (Å²) in [7, 11) is 5.81. The third-order valence-electron chi connectivity index (χ3n) is 2.80. The molecule has 0 aliphatic carbocycles. The fourth-order valence-electron chi connectivity index (χ4n) is 1.82. The van der Waals surface area contributed by atoms with Crippen molar-refractivity contribution in [2.75, 3.05) is 33.9 Å². The summed E-state index contributed by atoms with van der Waals surface area (Å²) in [6.45, 7) is 5.68. The molecule has 0 aliphatic rings. The smallest absolute Gasteiger partial charge is 0.0630 e. The molecular formula is C12H24N4O. The van der Waals surface area contributed by atoms with Gasteiger partial charge in [0.15, 0.2) is 0 Å². The second-order valence-electron chi connectivity index (χ2n) is 4.35. The van der Waals surface area contributed by atoms with Gasteiger partial charge in [0.05, 0.1) is 12.8 Å². The van der Waals surface area contributed by atoms with Crippen molar-refractivity contribution < 1.29 is 4.74 Å². The third kappa shape index (κ3) is 4.85. The highest BCUT2D eigenvalue weighted by Crippen LogP contribution is 2.05. The van der Waals surface area contributed by atoms with Crippen LogP contribution >= 0.6 is 0 Å². The van der Waals surface area contributed by atoms with Gasteiger partial charge in [-0.15, -0.1) is 0 Å². The van der Waals surface area contributed by atoms with E-state index in [1.807, 2.05) is 24.1 Å². The van der Waals surface area contributed by atoms with E-state index in [1.54, 1.807) is 7.11 Å². The van der Waals surface area contributed by atoms with Crippen molar-refractivity contribution in [2.45, 2.75) is 19.5 Å². The lowest BCUT2D eigenvalue weighted by atomic mass is 10.2. The fraction of sp³-hybridized carbons (Fsp3) is 0.750. The summed E-state index contributed by atoms with van der Waals surface area (Å²) >= 11 is 0. The highest BCUT2D eigenvalue weighted by Gasteiger charge is 2.14. The summed E-state index contributed by atoms with van der Waals surface area (Å²) in [5.74, 6) is 0. The van der Waals surface area contributed by atoms with E-state index >= 15 is 0 Å². The van der Waals surface area contributed by atoms with Crippen LogP contribution in [0.4, 0.5) is 0 Å². The van der Waals surface area contributed by atoms with Crippen LogP contribution in [0.3, 0.4) is 0 Å². The maximum absolute atomic E-state index is 5.26. The molecule has 5 heteroatoms. The lowest BCUT2D eigenvalue weighted by Gasteiger charge is -2.27. The monoisotopic (exact) mass is 240 g/mol. The molecule has 0 aliphatic heterocycles. The van der Waals surface area contributed by atoms with E-state index in [-0.39, 0.29) is 0 Å². The van der Waals surface area contributed by atoms with Crippen molar-refractivity contribution in [3.63, 3.8) is 0 Å². The van der Waals surface area contributed by atoms with Crippen LogP contribution < -0.4 is 5.32 Å². The lowest BCUT2D eigenvalue weighted by Crippen LogP contribution is -2.42. The quantitative estimate of drug-likeness (QED) is 0.717. The number of rotatable bonds is 8. The van der Waals surface area contributed by atoms with E-state index in [0.29, 0.717) is 6.04 Å². The molecule has 1 rings (SSSR count). The third-order valence-corrected chi connectivity index (χ3v) is 2.80. The van der Waals surface area contributed by atoms with Crippen LogP contribution in [0.15, 0.2) is 12.4 Å². The van der Waals surface area contributed by atoms with E-state index in [9.17, 15) is 0 Å². The van der Waals surface area contributed by atoms with Crippen molar-refractivity contribution >= 4 is 0 Å². The molecule has 1 N–H and O–H groups in total. The van der Waals surface area contributed by atoms with Crippen molar-refractivity contribution in [3.8, 4) is 0 Å². The van der Waals surface area contributed by atoms with Gasteiger partial charge in [-0.05, 0) is 13.6 Å². The van der Waals surface area contributed by atoms with Crippen molar-refractivity contribution in [3.05, 3.63) is 18.0 Å². The van der Waals surface area contributed by atoms with E-state index in [4.69, 9.17) is 4.74 Å². The van der Waals surface area contributed by atoms with Crippen LogP contribution in [-0.4, -0.2) is 54.6 Å². The molecule has 5 nitrogen and oxygen atoms in total. The van der Waals surface area contributed by atoms with Crippen molar-refractivity contribution in [1.29, 1.82) is 0 Å². The van der Waals surface area contributed by atoms with Crippen LogP contribution in [0, 0.1) is 0 Å². The molecule has 1 aromatic rings. The predicted molar refractivity (Wildman–Crippen MR) is 68.9 cm³/mol. The van der Waals surface area contributed by atoms with Gasteiger partial charge in [0.25, 0.3) is 0 Å². The fourth-order valence-corrected chi connectivity index (χ4v) is 1.82. The van der Waals surface area contributed by atoms with Gasteiger partial charge in [0, 0.05) is 45.0 Å². The zero-order valence-corrected chi connectivity index (χ0v) is 11.3. The Hall–Kier alpha value is -0.910. The number of methoxy groups -OCH3 is 1. The summed E-state index contributed by atoms with van der Waals surface area (Å²) in [4.78, 5) is 2.29. The SMILES string of the molecule is CCNCC(COC)N(C)Cc1cnn(C)c1. The Bertz CT molecular complexity index is 313. The van der Waals surface area contributed by atoms with Crippen molar-refractivity contribution in [2.24, 2.45) is 7.05 Å². The Morgan fingerprint density at radius 3 is 2.88 bits per heavy atom. The Kier molecular flexibility index (Phi) is 6.18. The summed E-state index contributed by atoms with van der Waals surface area (Å²) in [5, 5.41) is 7.54. The second kappa shape index (κ2) is 7.42. The largest absolute Gasteiger partial charge is 0.383 e. The molecule has 0 aromatic carbocycles. The van der Waals surface area contributed by atoms with Gasteiger partial charge in [-0.25, -0.2) is 0 Å². The number of aryl methyl sites for hydroxylation is 1. The predicted octanol–water partition coefficient (Wildman–Crippen LogP) is 0.476. The number of aromatic nitrogens is 2. The summed E-state index contributed by atoms with van der Waals surface area (Å²) < 4.78 is 7.09. The van der Waals surface area contributed by atoms with Crippen molar-refractivity contribution in [1.82, 2.24) is 20.0 Å². The zero-order chi connectivity index (χ0) is 12.7. The molecule has 0 spiro atoms. The Morgan fingerprint density at radius 2 is 2.35 bits per heavy atom. The molecule has 0 saturated heterocycles. The molecule has 98 valence electrons. The number of nitrogens with one attached hydrogen (secondary N) is 1. The summed E-state index contributed by atoms with van der Waals surface area (Å²) in [6.07, 6.45) is 3.96. The molecule has 1 atom stereocenters. The van der Waals surface area contributed by atoms with Gasteiger partial charge in [0.2, 0.25) is 0 Å². The minimum Gasteiger partial charge on any atom is -0.383 e. The van der Waals surface area contributed by atoms with Gasteiger partial charge >= 0.3 is 0 Å². The topological polar surface area (TPSA) is 42.3 Å². The highest BCUT2D eigenvalue weighted by atomic mass is 16.5. The molecule has 0 saturated carbocycles. The molecule has 1 unspecified atom stereocenters. The molecule has 1 aromatic heterocycles. The number of nitrogens with zero attached hydrogens (tertiary/aromatic N) is 3. The number of hydrogen-bond acceptors (Lipinski definition) is 4. The van der Waals surface area contributed by atoms with E-state index < -0.39 is 0 Å². The summed E-state index contributed by atoms with van der Waals surface area (Å²) in [6, 6.07) is 0.389. The second-order valence-corrected chi connectivity index (χ2v) is 4.35. The number of ether oxygens (including phenoxy) is 1. The minimum absolute atomic E-state index is 0.389. The number of likely N-dealkylation sites (N-methyl/N-ethyl adjacent to an activating group) is 2. The zero-order valence-electron chi connectivity index (χ0n) is 11.3. The van der Waals surface area contributed by atoms with Crippen LogP contribution in [0.2, 0.25) is 0 Å². The van der Waals surface area contributed by atoms with E-state index in [0.717, 1.165) is 26.2 Å². The van der Waals surface area contributed by atoms with Crippen LogP contribution in [0.25, 0.3) is 0 Å². The average Bonchev–Trinajstić information content (AvgIpc) is 2.70. The number of hydrogen-bond donors (Lipinski definition) is 1. The molecule has 17 heavy (non-hydrogen) atoms. The van der Waals surface area contributed by atoms with Crippen LogP contribution in [0.1, 0.15) is 12.5 Å². The van der Waals surface area contributed by atoms with E-state index in [1.165, 1.54) is 5.56 Å². The van der Waals surface area contributed by atoms with Gasteiger partial charge in [0.1, 0.15) is 0 Å². The normalized spacial score (nSPS) is 13.2. The first-order valence-corrected chi connectivity index (χ1v) is 6.04. The van der Waals surface area contributed by atoms with Crippen LogP contribution in [-0.2, 0) is 18.3 Å². The van der Waals surface area contributed by atoms with Gasteiger partial charge in [-0.2, -0.15) is 5.10 Å². The molecule has 0 radical (unpaired) electrons. The standard InChI is InChI=1S/C12H24N4O/c1-5-13-7-12(10-17-4)15(2)8-11-6-14-16(3)9-11/h6,9,12-13H,5,7-8,10H2,1-4H3. The molecule has 1 heterocycles. The first-order chi connectivity index (χ1) is 8.17. The van der Waals surface area contributed by atoms with E-state index in [2.05, 4.69) is 29.3 Å².